The van der Waals surface area contributed by atoms with Crippen molar-refractivity contribution >= 4 is 23.3 Å². The third kappa shape index (κ3) is 4.07. The lowest BCUT2D eigenvalue weighted by atomic mass is 9.99. The van der Waals surface area contributed by atoms with Gasteiger partial charge in [0, 0.05) is 19.2 Å². The number of piperidine rings is 1. The minimum absolute atomic E-state index is 0.376. The average Bonchev–Trinajstić information content (AvgIpc) is 2.61. The van der Waals surface area contributed by atoms with E-state index in [0.29, 0.717) is 22.9 Å². The molecule has 6 heteroatoms. The molecule has 0 radical (unpaired) electrons. The van der Waals surface area contributed by atoms with E-state index in [1.54, 1.807) is 6.07 Å². The highest BCUT2D eigenvalue weighted by Gasteiger charge is 2.18. The zero-order valence-electron chi connectivity index (χ0n) is 15.0. The summed E-state index contributed by atoms with van der Waals surface area (Å²) in [5.41, 5.74) is 1.15. The van der Waals surface area contributed by atoms with Gasteiger partial charge in [0.05, 0.1) is 18.4 Å². The molecule has 2 heterocycles. The predicted molar refractivity (Wildman–Crippen MR) is 98.4 cm³/mol. The molecule has 3 rings (SSSR count). The molecule has 1 aromatic carbocycles. The van der Waals surface area contributed by atoms with Gasteiger partial charge in [-0.3, -0.25) is 0 Å². The lowest BCUT2D eigenvalue weighted by Crippen LogP contribution is -2.33. The Bertz CT molecular complexity index is 755. The summed E-state index contributed by atoms with van der Waals surface area (Å²) in [6.45, 7) is 6.19. The number of carbonyl (C=O) groups excluding carboxylic acids is 1. The van der Waals surface area contributed by atoms with E-state index >= 15 is 0 Å². The van der Waals surface area contributed by atoms with Gasteiger partial charge in [0.1, 0.15) is 17.5 Å². The molecule has 1 fully saturated rings. The first-order valence-electron chi connectivity index (χ1n) is 8.62. The van der Waals surface area contributed by atoms with E-state index < -0.39 is 0 Å². The second kappa shape index (κ2) is 7.51. The minimum atomic E-state index is -0.376. The number of benzene rings is 1. The molecular weight excluding hydrogens is 316 g/mol. The molecule has 1 N–H and O–H groups in total. The molecule has 0 saturated carbocycles. The monoisotopic (exact) mass is 340 g/mol. The first-order valence-corrected chi connectivity index (χ1v) is 8.62. The molecule has 0 amide bonds. The van der Waals surface area contributed by atoms with Crippen molar-refractivity contribution < 1.29 is 9.53 Å². The Labute approximate surface area is 148 Å². The molecule has 1 aliphatic heterocycles. The number of hydrogen-bond donors (Lipinski definition) is 1. The summed E-state index contributed by atoms with van der Waals surface area (Å²) in [7, 11) is 1.38. The Morgan fingerprint density at radius 3 is 2.68 bits per heavy atom. The highest BCUT2D eigenvalue weighted by molar-refractivity contribution is 5.96. The maximum Gasteiger partial charge on any atom is 0.339 e. The SMILES string of the molecule is COC(=O)c1ccccc1Nc1cc(N2CCC(C)CC2)nc(C)n1. The molecule has 0 bridgehead atoms. The van der Waals surface area contributed by atoms with Crippen LogP contribution in [0.25, 0.3) is 0 Å². The molecule has 2 aromatic rings. The minimum Gasteiger partial charge on any atom is -0.465 e. The Balaban J connectivity index is 1.85. The van der Waals surface area contributed by atoms with Gasteiger partial charge < -0.3 is 15.0 Å². The van der Waals surface area contributed by atoms with Gasteiger partial charge >= 0.3 is 5.97 Å². The van der Waals surface area contributed by atoms with E-state index in [-0.39, 0.29) is 5.97 Å². The maximum atomic E-state index is 11.9. The highest BCUT2D eigenvalue weighted by Crippen LogP contribution is 2.26. The van der Waals surface area contributed by atoms with Crippen molar-refractivity contribution in [1.29, 1.82) is 0 Å². The van der Waals surface area contributed by atoms with Crippen LogP contribution in [0.2, 0.25) is 0 Å². The Hall–Kier alpha value is -2.63. The first kappa shape index (κ1) is 17.2. The molecule has 25 heavy (non-hydrogen) atoms. The van der Waals surface area contributed by atoms with Gasteiger partial charge in [0.25, 0.3) is 0 Å². The maximum absolute atomic E-state index is 11.9. The summed E-state index contributed by atoms with van der Waals surface area (Å²) < 4.78 is 4.85. The van der Waals surface area contributed by atoms with E-state index in [4.69, 9.17) is 4.74 Å². The van der Waals surface area contributed by atoms with E-state index in [1.807, 2.05) is 31.2 Å². The van der Waals surface area contributed by atoms with Crippen LogP contribution in [0.5, 0.6) is 0 Å². The molecule has 1 saturated heterocycles. The largest absolute Gasteiger partial charge is 0.465 e. The summed E-state index contributed by atoms with van der Waals surface area (Å²) in [5, 5.41) is 3.24. The molecular formula is C19H24N4O2. The van der Waals surface area contributed by atoms with Crippen molar-refractivity contribution in [2.45, 2.75) is 26.7 Å². The van der Waals surface area contributed by atoms with Crippen molar-refractivity contribution in [1.82, 2.24) is 9.97 Å². The number of ether oxygens (including phenoxy) is 1. The summed E-state index contributed by atoms with van der Waals surface area (Å²) in [6, 6.07) is 9.19. The van der Waals surface area contributed by atoms with Gasteiger partial charge in [-0.15, -0.1) is 0 Å². The molecule has 6 nitrogen and oxygen atoms in total. The number of aryl methyl sites for hydroxylation is 1. The highest BCUT2D eigenvalue weighted by atomic mass is 16.5. The number of anilines is 3. The number of hydrogen-bond acceptors (Lipinski definition) is 6. The van der Waals surface area contributed by atoms with Crippen LogP contribution < -0.4 is 10.2 Å². The van der Waals surface area contributed by atoms with Crippen LogP contribution in [0.3, 0.4) is 0 Å². The van der Waals surface area contributed by atoms with E-state index in [2.05, 4.69) is 27.1 Å². The zero-order valence-corrected chi connectivity index (χ0v) is 15.0. The van der Waals surface area contributed by atoms with Crippen molar-refractivity contribution in [3.05, 3.63) is 41.7 Å². The Kier molecular flexibility index (Phi) is 5.16. The second-order valence-corrected chi connectivity index (χ2v) is 6.49. The number of para-hydroxylation sites is 1. The Morgan fingerprint density at radius 1 is 1.24 bits per heavy atom. The quantitative estimate of drug-likeness (QED) is 0.859. The molecule has 0 aliphatic carbocycles. The van der Waals surface area contributed by atoms with Crippen LogP contribution in [0.15, 0.2) is 30.3 Å². The lowest BCUT2D eigenvalue weighted by molar-refractivity contribution is 0.0602. The van der Waals surface area contributed by atoms with Crippen molar-refractivity contribution in [2.24, 2.45) is 5.92 Å². The number of nitrogens with one attached hydrogen (secondary N) is 1. The van der Waals surface area contributed by atoms with E-state index in [1.165, 1.54) is 20.0 Å². The van der Waals surface area contributed by atoms with Crippen molar-refractivity contribution in [2.75, 3.05) is 30.4 Å². The first-order chi connectivity index (χ1) is 12.1. The molecule has 0 atom stereocenters. The fourth-order valence-corrected chi connectivity index (χ4v) is 3.03. The smallest absolute Gasteiger partial charge is 0.339 e. The Morgan fingerprint density at radius 2 is 1.96 bits per heavy atom. The summed E-state index contributed by atoms with van der Waals surface area (Å²) in [5.74, 6) is 2.70. The normalized spacial score (nSPS) is 15.1. The topological polar surface area (TPSA) is 67.3 Å². The lowest BCUT2D eigenvalue weighted by Gasteiger charge is -2.31. The van der Waals surface area contributed by atoms with Gasteiger partial charge in [-0.25, -0.2) is 14.8 Å². The van der Waals surface area contributed by atoms with Crippen LogP contribution >= 0.6 is 0 Å². The number of esters is 1. The number of methoxy groups -OCH3 is 1. The van der Waals surface area contributed by atoms with Crippen LogP contribution in [0, 0.1) is 12.8 Å². The number of aromatic nitrogens is 2. The molecule has 0 unspecified atom stereocenters. The van der Waals surface area contributed by atoms with Crippen LogP contribution in [0.4, 0.5) is 17.3 Å². The molecule has 0 spiro atoms. The van der Waals surface area contributed by atoms with Crippen LogP contribution in [0.1, 0.15) is 35.9 Å². The molecule has 132 valence electrons. The molecule has 1 aromatic heterocycles. The van der Waals surface area contributed by atoms with Gasteiger partial charge in [-0.1, -0.05) is 19.1 Å². The van der Waals surface area contributed by atoms with E-state index in [9.17, 15) is 4.79 Å². The average molecular weight is 340 g/mol. The fraction of sp³-hybridized carbons (Fsp3) is 0.421. The third-order valence-electron chi connectivity index (χ3n) is 4.53. The van der Waals surface area contributed by atoms with Gasteiger partial charge in [-0.2, -0.15) is 0 Å². The summed E-state index contributed by atoms with van der Waals surface area (Å²) in [6.07, 6.45) is 2.36. The standard InChI is InChI=1S/C19H24N4O2/c1-13-8-10-23(11-9-13)18-12-17(20-14(2)21-18)22-16-7-5-4-6-15(16)19(24)25-3/h4-7,12-13H,8-11H2,1-3H3,(H,20,21,22). The summed E-state index contributed by atoms with van der Waals surface area (Å²) >= 11 is 0. The van der Waals surface area contributed by atoms with Crippen LogP contribution in [-0.4, -0.2) is 36.1 Å². The van der Waals surface area contributed by atoms with E-state index in [0.717, 1.165) is 24.8 Å². The second-order valence-electron chi connectivity index (χ2n) is 6.49. The van der Waals surface area contributed by atoms with Gasteiger partial charge in [0.2, 0.25) is 0 Å². The van der Waals surface area contributed by atoms with Crippen LogP contribution in [-0.2, 0) is 4.74 Å². The van der Waals surface area contributed by atoms with Crippen molar-refractivity contribution in [3.63, 3.8) is 0 Å². The predicted octanol–water partition coefficient (Wildman–Crippen LogP) is 3.55. The van der Waals surface area contributed by atoms with Crippen molar-refractivity contribution in [3.8, 4) is 0 Å². The zero-order chi connectivity index (χ0) is 17.8. The fourth-order valence-electron chi connectivity index (χ4n) is 3.03. The number of nitrogens with zero attached hydrogens (tertiary/aromatic N) is 3. The van der Waals surface area contributed by atoms with Gasteiger partial charge in [-0.05, 0) is 37.8 Å². The third-order valence-corrected chi connectivity index (χ3v) is 4.53. The summed E-state index contributed by atoms with van der Waals surface area (Å²) in [4.78, 5) is 23.3. The molecule has 1 aliphatic rings. The number of carbonyl (C=O) groups is 1. The number of rotatable bonds is 4. The van der Waals surface area contributed by atoms with Gasteiger partial charge in [0.15, 0.2) is 0 Å².